The highest BCUT2D eigenvalue weighted by Gasteiger charge is 2.11. The lowest BCUT2D eigenvalue weighted by molar-refractivity contribution is -0.137. The molecule has 0 aromatic heterocycles. The molecule has 1 rings (SSSR count). The summed E-state index contributed by atoms with van der Waals surface area (Å²) in [5, 5.41) is 9.66. The van der Waals surface area contributed by atoms with Crippen molar-refractivity contribution in [3.8, 4) is 0 Å². The van der Waals surface area contributed by atoms with E-state index in [-0.39, 0.29) is 18.1 Å². The molecule has 1 amide bonds. The minimum Gasteiger partial charge on any atom is -0.481 e. The van der Waals surface area contributed by atoms with Crippen molar-refractivity contribution < 1.29 is 14.7 Å². The van der Waals surface area contributed by atoms with Crippen LogP contribution in [0.15, 0.2) is 23.1 Å². The quantitative estimate of drug-likeness (QED) is 0.775. The smallest absolute Gasteiger partial charge is 0.303 e. The molecule has 0 saturated carbocycles. The van der Waals surface area contributed by atoms with Gasteiger partial charge in [-0.15, -0.1) is 11.8 Å². The van der Waals surface area contributed by atoms with Crippen LogP contribution in [0.3, 0.4) is 0 Å². The number of rotatable bonds is 7. The van der Waals surface area contributed by atoms with Crippen molar-refractivity contribution in [1.29, 1.82) is 0 Å². The standard InChI is InChI=1S/C13H15Cl2NO3S/c1-16(6-2-3-13(18)19)12(17)8-20-11-7-9(14)4-5-10(11)15/h4-5,7H,2-3,6,8H2,1H3,(H,18,19). The van der Waals surface area contributed by atoms with E-state index in [9.17, 15) is 9.59 Å². The molecular formula is C13H15Cl2NO3S. The summed E-state index contributed by atoms with van der Waals surface area (Å²) >= 11 is 13.2. The maximum absolute atomic E-state index is 11.9. The second-order valence-corrected chi connectivity index (χ2v) is 6.04. The molecule has 1 aromatic carbocycles. The number of amides is 1. The number of carboxylic acid groups (broad SMARTS) is 1. The highest BCUT2D eigenvalue weighted by Crippen LogP contribution is 2.29. The van der Waals surface area contributed by atoms with Gasteiger partial charge in [0, 0.05) is 29.9 Å². The third kappa shape index (κ3) is 6.03. The molecule has 0 unspecified atom stereocenters. The summed E-state index contributed by atoms with van der Waals surface area (Å²) in [6.45, 7) is 0.426. The first-order valence-electron chi connectivity index (χ1n) is 5.93. The Morgan fingerprint density at radius 1 is 1.35 bits per heavy atom. The van der Waals surface area contributed by atoms with E-state index in [0.29, 0.717) is 23.0 Å². The van der Waals surface area contributed by atoms with E-state index < -0.39 is 5.97 Å². The van der Waals surface area contributed by atoms with E-state index in [1.165, 1.54) is 16.7 Å². The molecule has 0 radical (unpaired) electrons. The summed E-state index contributed by atoms with van der Waals surface area (Å²) in [6.07, 6.45) is 0.505. The van der Waals surface area contributed by atoms with Gasteiger partial charge >= 0.3 is 5.97 Å². The highest BCUT2D eigenvalue weighted by molar-refractivity contribution is 8.00. The highest BCUT2D eigenvalue weighted by atomic mass is 35.5. The third-order valence-electron chi connectivity index (χ3n) is 2.55. The van der Waals surface area contributed by atoms with E-state index >= 15 is 0 Å². The Kier molecular flexibility index (Phi) is 7.19. The number of thioether (sulfide) groups is 1. The summed E-state index contributed by atoms with van der Waals surface area (Å²) in [4.78, 5) is 24.5. The molecule has 110 valence electrons. The molecule has 0 aliphatic rings. The SMILES string of the molecule is CN(CCCC(=O)O)C(=O)CSc1cc(Cl)ccc1Cl. The molecule has 0 bridgehead atoms. The predicted molar refractivity (Wildman–Crippen MR) is 81.7 cm³/mol. The lowest BCUT2D eigenvalue weighted by Crippen LogP contribution is -2.29. The maximum Gasteiger partial charge on any atom is 0.303 e. The zero-order chi connectivity index (χ0) is 15.1. The molecule has 0 atom stereocenters. The summed E-state index contributed by atoms with van der Waals surface area (Å²) in [7, 11) is 1.66. The van der Waals surface area contributed by atoms with Gasteiger partial charge < -0.3 is 10.0 Å². The zero-order valence-electron chi connectivity index (χ0n) is 10.9. The average molecular weight is 336 g/mol. The molecule has 4 nitrogen and oxygen atoms in total. The number of hydrogen-bond donors (Lipinski definition) is 1. The Hall–Kier alpha value is -0.910. The normalized spacial score (nSPS) is 10.3. The Bertz CT molecular complexity index is 497. The van der Waals surface area contributed by atoms with E-state index in [1.807, 2.05) is 0 Å². The van der Waals surface area contributed by atoms with Crippen molar-refractivity contribution in [2.75, 3.05) is 19.3 Å². The Balaban J connectivity index is 2.42. The van der Waals surface area contributed by atoms with Crippen LogP contribution in [0.1, 0.15) is 12.8 Å². The first kappa shape index (κ1) is 17.1. The van der Waals surface area contributed by atoms with Gasteiger partial charge in [0.15, 0.2) is 0 Å². The fraction of sp³-hybridized carbons (Fsp3) is 0.385. The van der Waals surface area contributed by atoms with Crippen molar-refractivity contribution in [2.24, 2.45) is 0 Å². The zero-order valence-corrected chi connectivity index (χ0v) is 13.3. The first-order valence-corrected chi connectivity index (χ1v) is 7.68. The van der Waals surface area contributed by atoms with E-state index in [4.69, 9.17) is 28.3 Å². The Morgan fingerprint density at radius 3 is 2.70 bits per heavy atom. The number of carboxylic acids is 1. The summed E-state index contributed by atoms with van der Waals surface area (Å²) < 4.78 is 0. The predicted octanol–water partition coefficient (Wildman–Crippen LogP) is 3.41. The van der Waals surface area contributed by atoms with Gasteiger partial charge in [-0.1, -0.05) is 23.2 Å². The molecule has 0 spiro atoms. The van der Waals surface area contributed by atoms with Crippen molar-refractivity contribution in [2.45, 2.75) is 17.7 Å². The number of nitrogens with zero attached hydrogens (tertiary/aromatic N) is 1. The molecule has 7 heteroatoms. The van der Waals surface area contributed by atoms with E-state index in [2.05, 4.69) is 0 Å². The largest absolute Gasteiger partial charge is 0.481 e. The van der Waals surface area contributed by atoms with Crippen molar-refractivity contribution in [3.63, 3.8) is 0 Å². The van der Waals surface area contributed by atoms with Crippen molar-refractivity contribution in [3.05, 3.63) is 28.2 Å². The van der Waals surface area contributed by atoms with Crippen LogP contribution in [0.5, 0.6) is 0 Å². The number of hydrogen-bond acceptors (Lipinski definition) is 3. The van der Waals surface area contributed by atoms with Crippen LogP contribution in [0, 0.1) is 0 Å². The van der Waals surface area contributed by atoms with Crippen LogP contribution >= 0.6 is 35.0 Å². The fourth-order valence-electron chi connectivity index (χ4n) is 1.43. The van der Waals surface area contributed by atoms with Gasteiger partial charge in [0.05, 0.1) is 10.8 Å². The summed E-state index contributed by atoms with van der Waals surface area (Å²) in [5.41, 5.74) is 0. The molecule has 20 heavy (non-hydrogen) atoms. The second-order valence-electron chi connectivity index (χ2n) is 4.18. The third-order valence-corrected chi connectivity index (χ3v) is 4.27. The van der Waals surface area contributed by atoms with Gasteiger partial charge in [-0.2, -0.15) is 0 Å². The number of carbonyl (C=O) groups excluding carboxylic acids is 1. The maximum atomic E-state index is 11.9. The van der Waals surface area contributed by atoms with Crippen LogP contribution in [0.25, 0.3) is 0 Å². The molecule has 0 fully saturated rings. The van der Waals surface area contributed by atoms with Gasteiger partial charge in [0.1, 0.15) is 0 Å². The molecule has 1 aromatic rings. The summed E-state index contributed by atoms with van der Waals surface area (Å²) in [5.74, 6) is -0.689. The van der Waals surface area contributed by atoms with Crippen LogP contribution in [-0.4, -0.2) is 41.2 Å². The summed E-state index contributed by atoms with van der Waals surface area (Å²) in [6, 6.07) is 5.09. The Morgan fingerprint density at radius 2 is 2.05 bits per heavy atom. The number of carbonyl (C=O) groups is 2. The van der Waals surface area contributed by atoms with Crippen molar-refractivity contribution >= 4 is 46.8 Å². The molecule has 0 aliphatic heterocycles. The fourth-order valence-corrected chi connectivity index (χ4v) is 2.86. The van der Waals surface area contributed by atoms with Crippen LogP contribution in [0.2, 0.25) is 10.0 Å². The molecule has 0 aliphatic carbocycles. The monoisotopic (exact) mass is 335 g/mol. The molecular weight excluding hydrogens is 321 g/mol. The first-order chi connectivity index (χ1) is 9.40. The minimum atomic E-state index is -0.856. The van der Waals surface area contributed by atoms with E-state index in [1.54, 1.807) is 25.2 Å². The number of aliphatic carboxylic acids is 1. The van der Waals surface area contributed by atoms with Gasteiger partial charge in [-0.05, 0) is 24.6 Å². The van der Waals surface area contributed by atoms with Crippen LogP contribution in [-0.2, 0) is 9.59 Å². The molecule has 0 heterocycles. The second kappa shape index (κ2) is 8.39. The lowest BCUT2D eigenvalue weighted by atomic mass is 10.3. The van der Waals surface area contributed by atoms with Crippen molar-refractivity contribution in [1.82, 2.24) is 4.90 Å². The van der Waals surface area contributed by atoms with Gasteiger partial charge in [0.25, 0.3) is 0 Å². The number of benzene rings is 1. The molecule has 1 N–H and O–H groups in total. The minimum absolute atomic E-state index is 0.0604. The number of halogens is 2. The van der Waals surface area contributed by atoms with E-state index in [0.717, 1.165) is 4.90 Å². The van der Waals surface area contributed by atoms with Gasteiger partial charge in [-0.3, -0.25) is 9.59 Å². The van der Waals surface area contributed by atoms with Gasteiger partial charge in [0.2, 0.25) is 5.91 Å². The topological polar surface area (TPSA) is 57.6 Å². The average Bonchev–Trinajstić information content (AvgIpc) is 2.38. The Labute approximate surface area is 132 Å². The van der Waals surface area contributed by atoms with Crippen LogP contribution < -0.4 is 0 Å². The van der Waals surface area contributed by atoms with Gasteiger partial charge in [-0.25, -0.2) is 0 Å². The lowest BCUT2D eigenvalue weighted by Gasteiger charge is -2.16. The van der Waals surface area contributed by atoms with Crippen LogP contribution in [0.4, 0.5) is 0 Å². The molecule has 0 saturated heterocycles.